The summed E-state index contributed by atoms with van der Waals surface area (Å²) in [6, 6.07) is 5.18. The summed E-state index contributed by atoms with van der Waals surface area (Å²) in [5.74, 6) is 0.392. The Balaban J connectivity index is 1.85. The molecule has 28 heavy (non-hydrogen) atoms. The Bertz CT molecular complexity index is 682. The van der Waals surface area contributed by atoms with Gasteiger partial charge in [0.25, 0.3) is 0 Å². The fraction of sp³-hybridized carbons (Fsp3) is 0.579. The lowest BCUT2D eigenvalue weighted by Gasteiger charge is -2.15. The summed E-state index contributed by atoms with van der Waals surface area (Å²) < 4.78 is 26.0. The van der Waals surface area contributed by atoms with Crippen LogP contribution in [0, 0.1) is 0 Å². The van der Waals surface area contributed by atoms with E-state index in [0.717, 1.165) is 0 Å². The number of benzene rings is 1. The number of nitrogens with zero attached hydrogens (tertiary/aromatic N) is 1. The van der Waals surface area contributed by atoms with E-state index >= 15 is 0 Å². The first kappa shape index (κ1) is 22.5. The molecule has 1 atom stereocenters. The number of rotatable bonds is 12. The van der Waals surface area contributed by atoms with Gasteiger partial charge in [-0.15, -0.1) is 11.8 Å². The van der Waals surface area contributed by atoms with Crippen LogP contribution in [-0.4, -0.2) is 81.3 Å². The smallest absolute Gasteiger partial charge is 0.334 e. The number of thioether (sulfide) groups is 1. The molecule has 1 aromatic rings. The highest BCUT2D eigenvalue weighted by Crippen LogP contribution is 2.38. The average Bonchev–Trinajstić information content (AvgIpc) is 3.10. The zero-order valence-electron chi connectivity index (χ0n) is 16.4. The number of phenolic OH excluding ortho intramolecular Hbond substituents is 1. The number of esters is 1. The monoisotopic (exact) mass is 413 g/mol. The van der Waals surface area contributed by atoms with Crippen molar-refractivity contribution in [2.75, 3.05) is 59.6 Å². The predicted molar refractivity (Wildman–Crippen MR) is 107 cm³/mol. The van der Waals surface area contributed by atoms with Gasteiger partial charge in [-0.3, -0.25) is 4.99 Å². The Morgan fingerprint density at radius 2 is 1.82 bits per heavy atom. The molecule has 0 radical (unpaired) electrons. The Hall–Kier alpha value is -1.81. The van der Waals surface area contributed by atoms with Crippen LogP contribution in [0.25, 0.3) is 0 Å². The standard InChI is InChI=1S/C19H27NO7S/c1-19(18(22)24-3)13-28-17(20-19)14-5-4-6-15(16(14)21)27-12-11-26-10-9-25-8-7-23-2/h4-6,21H,7-13H2,1-3H3. The maximum Gasteiger partial charge on any atom is 0.334 e. The number of carbonyl (C=O) groups excluding carboxylic acids is 1. The molecule has 0 bridgehead atoms. The summed E-state index contributed by atoms with van der Waals surface area (Å²) in [5, 5.41) is 11.1. The summed E-state index contributed by atoms with van der Waals surface area (Å²) in [5.41, 5.74) is -0.417. The van der Waals surface area contributed by atoms with Crippen LogP contribution in [-0.2, 0) is 23.7 Å². The zero-order valence-corrected chi connectivity index (χ0v) is 17.3. The van der Waals surface area contributed by atoms with Crippen molar-refractivity contribution in [2.24, 2.45) is 4.99 Å². The summed E-state index contributed by atoms with van der Waals surface area (Å²) in [6.07, 6.45) is 0. The second kappa shape index (κ2) is 11.3. The molecular weight excluding hydrogens is 386 g/mol. The van der Waals surface area contributed by atoms with E-state index in [9.17, 15) is 9.90 Å². The van der Waals surface area contributed by atoms with Gasteiger partial charge >= 0.3 is 5.97 Å². The van der Waals surface area contributed by atoms with Gasteiger partial charge in [0.15, 0.2) is 17.0 Å². The van der Waals surface area contributed by atoms with E-state index in [1.165, 1.54) is 18.9 Å². The molecule has 1 aromatic carbocycles. The van der Waals surface area contributed by atoms with E-state index < -0.39 is 11.5 Å². The fourth-order valence-electron chi connectivity index (χ4n) is 2.45. The molecule has 0 saturated carbocycles. The highest BCUT2D eigenvalue weighted by Gasteiger charge is 2.40. The van der Waals surface area contributed by atoms with Gasteiger partial charge in [0.2, 0.25) is 0 Å². The third-order valence-corrected chi connectivity index (χ3v) is 5.27. The predicted octanol–water partition coefficient (Wildman–Crippen LogP) is 1.88. The molecule has 0 aliphatic carbocycles. The van der Waals surface area contributed by atoms with Crippen LogP contribution in [0.15, 0.2) is 23.2 Å². The molecule has 0 aromatic heterocycles. The number of phenols is 1. The van der Waals surface area contributed by atoms with E-state index in [1.807, 2.05) is 0 Å². The number of methoxy groups -OCH3 is 2. The van der Waals surface area contributed by atoms with Crippen LogP contribution in [0.4, 0.5) is 0 Å². The van der Waals surface area contributed by atoms with E-state index in [2.05, 4.69) is 4.99 Å². The van der Waals surface area contributed by atoms with E-state index in [4.69, 9.17) is 23.7 Å². The number of aliphatic imine (C=N–C) groups is 1. The van der Waals surface area contributed by atoms with Crippen molar-refractivity contribution >= 4 is 22.8 Å². The Morgan fingerprint density at radius 1 is 1.14 bits per heavy atom. The van der Waals surface area contributed by atoms with Gasteiger partial charge in [-0.25, -0.2) is 4.79 Å². The Morgan fingerprint density at radius 3 is 2.50 bits per heavy atom. The second-order valence-electron chi connectivity index (χ2n) is 6.19. The summed E-state index contributed by atoms with van der Waals surface area (Å²) in [4.78, 5) is 16.4. The number of hydrogen-bond acceptors (Lipinski definition) is 9. The topological polar surface area (TPSA) is 95.8 Å². The highest BCUT2D eigenvalue weighted by molar-refractivity contribution is 8.14. The molecule has 8 nitrogen and oxygen atoms in total. The van der Waals surface area contributed by atoms with Gasteiger partial charge in [0.05, 0.1) is 45.7 Å². The molecule has 0 spiro atoms. The first-order chi connectivity index (χ1) is 13.5. The molecule has 2 rings (SSSR count). The molecule has 1 N–H and O–H groups in total. The maximum absolute atomic E-state index is 11.9. The van der Waals surface area contributed by atoms with E-state index in [1.54, 1.807) is 32.2 Å². The van der Waals surface area contributed by atoms with Crippen molar-refractivity contribution in [1.29, 1.82) is 0 Å². The molecular formula is C19H27NO7S. The van der Waals surface area contributed by atoms with Crippen LogP contribution in [0.1, 0.15) is 12.5 Å². The minimum absolute atomic E-state index is 0.00855. The molecule has 0 fully saturated rings. The minimum atomic E-state index is -0.947. The number of ether oxygens (including phenoxy) is 5. The van der Waals surface area contributed by atoms with Crippen molar-refractivity contribution in [2.45, 2.75) is 12.5 Å². The number of aromatic hydroxyl groups is 1. The van der Waals surface area contributed by atoms with Crippen molar-refractivity contribution in [1.82, 2.24) is 0 Å². The van der Waals surface area contributed by atoms with Gasteiger partial charge in [0.1, 0.15) is 11.7 Å². The van der Waals surface area contributed by atoms with Gasteiger partial charge in [-0.1, -0.05) is 6.07 Å². The Labute approximate surface area is 169 Å². The second-order valence-corrected chi connectivity index (χ2v) is 7.15. The van der Waals surface area contributed by atoms with Crippen LogP contribution in [0.2, 0.25) is 0 Å². The third kappa shape index (κ3) is 6.10. The maximum atomic E-state index is 11.9. The first-order valence-electron chi connectivity index (χ1n) is 8.92. The van der Waals surface area contributed by atoms with Crippen LogP contribution in [0.5, 0.6) is 11.5 Å². The third-order valence-electron chi connectivity index (χ3n) is 3.98. The van der Waals surface area contributed by atoms with E-state index in [0.29, 0.717) is 55.1 Å². The quantitative estimate of drug-likeness (QED) is 0.410. The molecule has 0 saturated heterocycles. The highest BCUT2D eigenvalue weighted by atomic mass is 32.2. The van der Waals surface area contributed by atoms with Crippen LogP contribution in [0.3, 0.4) is 0 Å². The largest absolute Gasteiger partial charge is 0.504 e. The van der Waals surface area contributed by atoms with Gasteiger partial charge < -0.3 is 28.8 Å². The lowest BCUT2D eigenvalue weighted by molar-refractivity contribution is -0.145. The van der Waals surface area contributed by atoms with Crippen molar-refractivity contribution in [3.63, 3.8) is 0 Å². The molecule has 9 heteroatoms. The summed E-state index contributed by atoms with van der Waals surface area (Å²) >= 11 is 1.40. The molecule has 0 amide bonds. The lowest BCUT2D eigenvalue weighted by atomic mass is 10.1. The fourth-order valence-corrected chi connectivity index (χ4v) is 3.63. The number of para-hydroxylation sites is 1. The minimum Gasteiger partial charge on any atom is -0.504 e. The number of hydrogen-bond donors (Lipinski definition) is 1. The summed E-state index contributed by atoms with van der Waals surface area (Å²) in [7, 11) is 2.96. The molecule has 1 aliphatic heterocycles. The van der Waals surface area contributed by atoms with Crippen molar-refractivity contribution in [3.8, 4) is 11.5 Å². The van der Waals surface area contributed by atoms with Crippen molar-refractivity contribution in [3.05, 3.63) is 23.8 Å². The SMILES string of the molecule is COCCOCCOCCOc1cccc(C2=NC(C)(C(=O)OC)CS2)c1O. The van der Waals surface area contributed by atoms with Crippen LogP contribution < -0.4 is 4.74 Å². The molecule has 1 aliphatic rings. The van der Waals surface area contributed by atoms with E-state index in [-0.39, 0.29) is 12.4 Å². The van der Waals surface area contributed by atoms with Crippen molar-refractivity contribution < 1.29 is 33.6 Å². The molecule has 156 valence electrons. The van der Waals surface area contributed by atoms with Gasteiger partial charge in [0, 0.05) is 12.9 Å². The van der Waals surface area contributed by atoms with Crippen LogP contribution >= 0.6 is 11.8 Å². The lowest BCUT2D eigenvalue weighted by Crippen LogP contribution is -2.34. The van der Waals surface area contributed by atoms with Gasteiger partial charge in [-0.2, -0.15) is 0 Å². The summed E-state index contributed by atoms with van der Waals surface area (Å²) in [6.45, 7) is 4.41. The molecule has 1 heterocycles. The zero-order chi connectivity index (χ0) is 20.4. The van der Waals surface area contributed by atoms with Gasteiger partial charge in [-0.05, 0) is 19.1 Å². The average molecular weight is 413 g/mol. The number of carbonyl (C=O) groups is 1. The Kier molecular flexibility index (Phi) is 9.04. The first-order valence-corrected chi connectivity index (χ1v) is 9.91. The molecule has 1 unspecified atom stereocenters. The normalized spacial score (nSPS) is 18.8.